The molecule has 78 valence electrons. The lowest BCUT2D eigenvalue weighted by Crippen LogP contribution is -2.25. The van der Waals surface area contributed by atoms with Crippen LogP contribution >= 0.6 is 0 Å². The Balaban J connectivity index is 2.80. The molecule has 4 heteroatoms. The normalized spacial score (nSPS) is 11.4. The Morgan fingerprint density at radius 3 is 2.71 bits per heavy atom. The summed E-state index contributed by atoms with van der Waals surface area (Å²) < 4.78 is 6.84. The average molecular weight is 196 g/mol. The number of ether oxygens (including phenoxy) is 1. The second-order valence-electron chi connectivity index (χ2n) is 4.03. The third-order valence-corrected chi connectivity index (χ3v) is 1.62. The summed E-state index contributed by atoms with van der Waals surface area (Å²) in [7, 11) is 0. The number of aryl methyl sites for hydroxylation is 1. The van der Waals surface area contributed by atoms with Gasteiger partial charge in [-0.05, 0) is 33.8 Å². The van der Waals surface area contributed by atoms with Crippen molar-refractivity contribution in [3.8, 4) is 0 Å². The average Bonchev–Trinajstić information content (AvgIpc) is 2.47. The van der Waals surface area contributed by atoms with Crippen LogP contribution in [-0.2, 0) is 11.3 Å². The molecule has 0 N–H and O–H groups in total. The van der Waals surface area contributed by atoms with E-state index in [2.05, 4.69) is 5.10 Å². The van der Waals surface area contributed by atoms with E-state index >= 15 is 0 Å². The Morgan fingerprint density at radius 1 is 1.57 bits per heavy atom. The summed E-state index contributed by atoms with van der Waals surface area (Å²) in [4.78, 5) is 11.6. The number of hydrogen-bond donors (Lipinski definition) is 0. The van der Waals surface area contributed by atoms with Crippen molar-refractivity contribution in [2.45, 2.75) is 39.8 Å². The van der Waals surface area contributed by atoms with Gasteiger partial charge in [0.25, 0.3) is 0 Å². The molecular formula is C10H16N2O2. The van der Waals surface area contributed by atoms with Crippen LogP contribution in [0.2, 0.25) is 0 Å². The third kappa shape index (κ3) is 2.58. The molecule has 0 saturated heterocycles. The first-order valence-corrected chi connectivity index (χ1v) is 4.69. The van der Waals surface area contributed by atoms with Gasteiger partial charge >= 0.3 is 5.97 Å². The fraction of sp³-hybridized carbons (Fsp3) is 0.600. The van der Waals surface area contributed by atoms with Gasteiger partial charge in [-0.2, -0.15) is 5.10 Å². The fourth-order valence-electron chi connectivity index (χ4n) is 1.09. The molecule has 0 aliphatic rings. The van der Waals surface area contributed by atoms with Gasteiger partial charge in [0.15, 0.2) is 0 Å². The minimum absolute atomic E-state index is 0.322. The largest absolute Gasteiger partial charge is 0.455 e. The predicted octanol–water partition coefficient (Wildman–Crippen LogP) is 1.86. The first-order valence-electron chi connectivity index (χ1n) is 4.69. The van der Waals surface area contributed by atoms with Crippen LogP contribution in [0.3, 0.4) is 0 Å². The Hall–Kier alpha value is -1.32. The number of nitrogens with zero attached hydrogens (tertiary/aromatic N) is 2. The van der Waals surface area contributed by atoms with Crippen LogP contribution < -0.4 is 0 Å². The minimum atomic E-state index is -0.458. The second kappa shape index (κ2) is 3.82. The van der Waals surface area contributed by atoms with E-state index in [1.165, 1.54) is 0 Å². The lowest BCUT2D eigenvalue weighted by atomic mass is 10.2. The van der Waals surface area contributed by atoms with Crippen LogP contribution in [-0.4, -0.2) is 21.4 Å². The van der Waals surface area contributed by atoms with Crippen molar-refractivity contribution in [3.05, 3.63) is 18.0 Å². The van der Waals surface area contributed by atoms with Gasteiger partial charge in [0.2, 0.25) is 0 Å². The summed E-state index contributed by atoms with van der Waals surface area (Å²) in [5, 5.41) is 4.00. The van der Waals surface area contributed by atoms with Crippen molar-refractivity contribution in [2.75, 3.05) is 0 Å². The zero-order valence-electron chi connectivity index (χ0n) is 9.07. The summed E-state index contributed by atoms with van der Waals surface area (Å²) >= 11 is 0. The summed E-state index contributed by atoms with van der Waals surface area (Å²) in [5.41, 5.74) is 0.0438. The van der Waals surface area contributed by atoms with Crippen LogP contribution in [0.25, 0.3) is 0 Å². The molecule has 0 unspecified atom stereocenters. The number of esters is 1. The molecule has 0 atom stereocenters. The summed E-state index contributed by atoms with van der Waals surface area (Å²) in [6.45, 7) is 8.13. The molecular weight excluding hydrogens is 180 g/mol. The number of rotatable bonds is 2. The summed E-state index contributed by atoms with van der Waals surface area (Å²) in [6.07, 6.45) is 1.60. The van der Waals surface area contributed by atoms with Crippen LogP contribution in [0.1, 0.15) is 38.2 Å². The number of aromatic nitrogens is 2. The zero-order chi connectivity index (χ0) is 10.8. The molecule has 0 aliphatic heterocycles. The van der Waals surface area contributed by atoms with E-state index in [4.69, 9.17) is 4.74 Å². The summed E-state index contributed by atoms with van der Waals surface area (Å²) in [5.74, 6) is -0.322. The maximum atomic E-state index is 11.6. The Labute approximate surface area is 83.9 Å². The highest BCUT2D eigenvalue weighted by atomic mass is 16.6. The van der Waals surface area contributed by atoms with E-state index in [1.54, 1.807) is 16.9 Å². The van der Waals surface area contributed by atoms with Crippen LogP contribution in [0, 0.1) is 0 Å². The standard InChI is InChI=1S/C10H16N2O2/c1-5-12-8(6-7-11-12)9(13)14-10(2,3)4/h6-7H,5H2,1-4H3. The molecule has 0 aromatic carbocycles. The molecule has 1 rings (SSSR count). The van der Waals surface area contributed by atoms with Gasteiger partial charge in [-0.25, -0.2) is 4.79 Å². The molecule has 0 saturated carbocycles. The van der Waals surface area contributed by atoms with E-state index in [9.17, 15) is 4.79 Å². The Kier molecular flexibility index (Phi) is 2.93. The highest BCUT2D eigenvalue weighted by Crippen LogP contribution is 2.11. The highest BCUT2D eigenvalue weighted by Gasteiger charge is 2.20. The maximum Gasteiger partial charge on any atom is 0.357 e. The lowest BCUT2D eigenvalue weighted by molar-refractivity contribution is 0.00562. The first-order chi connectivity index (χ1) is 6.44. The number of carbonyl (C=O) groups excluding carboxylic acids is 1. The third-order valence-electron chi connectivity index (χ3n) is 1.62. The molecule has 0 bridgehead atoms. The zero-order valence-corrected chi connectivity index (χ0v) is 9.07. The molecule has 1 aromatic heterocycles. The molecule has 0 spiro atoms. The van der Waals surface area contributed by atoms with Gasteiger partial charge in [0, 0.05) is 12.7 Å². The molecule has 14 heavy (non-hydrogen) atoms. The van der Waals surface area contributed by atoms with E-state index in [1.807, 2.05) is 27.7 Å². The topological polar surface area (TPSA) is 44.1 Å². The van der Waals surface area contributed by atoms with Crippen molar-refractivity contribution in [2.24, 2.45) is 0 Å². The van der Waals surface area contributed by atoms with E-state index in [0.29, 0.717) is 12.2 Å². The molecule has 0 aliphatic carbocycles. The van der Waals surface area contributed by atoms with Crippen molar-refractivity contribution < 1.29 is 9.53 Å². The van der Waals surface area contributed by atoms with Crippen molar-refractivity contribution in [1.82, 2.24) is 9.78 Å². The maximum absolute atomic E-state index is 11.6. The molecule has 4 nitrogen and oxygen atoms in total. The minimum Gasteiger partial charge on any atom is -0.455 e. The molecule has 1 heterocycles. The lowest BCUT2D eigenvalue weighted by Gasteiger charge is -2.19. The van der Waals surface area contributed by atoms with E-state index in [-0.39, 0.29) is 5.97 Å². The SMILES string of the molecule is CCn1nccc1C(=O)OC(C)(C)C. The van der Waals surface area contributed by atoms with Crippen molar-refractivity contribution in [3.63, 3.8) is 0 Å². The highest BCUT2D eigenvalue weighted by molar-refractivity contribution is 5.87. The van der Waals surface area contributed by atoms with Crippen LogP contribution in [0.5, 0.6) is 0 Å². The molecule has 0 amide bonds. The smallest absolute Gasteiger partial charge is 0.357 e. The molecule has 0 radical (unpaired) electrons. The van der Waals surface area contributed by atoms with E-state index in [0.717, 1.165) is 0 Å². The van der Waals surface area contributed by atoms with Gasteiger partial charge in [0.05, 0.1) is 0 Å². The fourth-order valence-corrected chi connectivity index (χ4v) is 1.09. The van der Waals surface area contributed by atoms with E-state index < -0.39 is 5.60 Å². The Bertz CT molecular complexity index is 323. The predicted molar refractivity (Wildman–Crippen MR) is 53.1 cm³/mol. The molecule has 1 aromatic rings. The number of hydrogen-bond acceptors (Lipinski definition) is 3. The molecule has 0 fully saturated rings. The van der Waals surface area contributed by atoms with Crippen LogP contribution in [0.4, 0.5) is 0 Å². The van der Waals surface area contributed by atoms with Gasteiger partial charge in [-0.3, -0.25) is 4.68 Å². The van der Waals surface area contributed by atoms with Crippen LogP contribution in [0.15, 0.2) is 12.3 Å². The van der Waals surface area contributed by atoms with Gasteiger partial charge in [0.1, 0.15) is 11.3 Å². The van der Waals surface area contributed by atoms with Gasteiger partial charge in [-0.15, -0.1) is 0 Å². The summed E-state index contributed by atoms with van der Waals surface area (Å²) in [6, 6.07) is 1.66. The van der Waals surface area contributed by atoms with Gasteiger partial charge in [-0.1, -0.05) is 0 Å². The Morgan fingerprint density at radius 2 is 2.21 bits per heavy atom. The first kappa shape index (κ1) is 10.8. The van der Waals surface area contributed by atoms with Gasteiger partial charge < -0.3 is 4.74 Å². The quantitative estimate of drug-likeness (QED) is 0.678. The van der Waals surface area contributed by atoms with Crippen molar-refractivity contribution >= 4 is 5.97 Å². The second-order valence-corrected chi connectivity index (χ2v) is 4.03. The number of carbonyl (C=O) groups is 1. The monoisotopic (exact) mass is 196 g/mol. The van der Waals surface area contributed by atoms with Crippen molar-refractivity contribution in [1.29, 1.82) is 0 Å².